The normalized spacial score (nSPS) is 11.2. The summed E-state index contributed by atoms with van der Waals surface area (Å²) in [6, 6.07) is 3.51. The lowest BCUT2D eigenvalue weighted by atomic mass is 10.3. The number of nitrogens with zero attached hydrogens (tertiary/aromatic N) is 1. The molecular weight excluding hydrogens is 248 g/mol. The van der Waals surface area contributed by atoms with E-state index in [1.54, 1.807) is 12.3 Å². The molecule has 1 aromatic rings. The maximum atomic E-state index is 11.0. The van der Waals surface area contributed by atoms with Crippen LogP contribution in [0.25, 0.3) is 0 Å². The Morgan fingerprint density at radius 3 is 2.72 bits per heavy atom. The molecule has 1 aromatic heterocycles. The summed E-state index contributed by atoms with van der Waals surface area (Å²) in [6.07, 6.45) is 15.4. The van der Waals surface area contributed by atoms with E-state index in [1.807, 2.05) is 60.2 Å². The minimum Gasteiger partial charge on any atom is -1.00 e. The van der Waals surface area contributed by atoms with E-state index in [1.165, 1.54) is 0 Å². The molecule has 0 atom stereocenters. The van der Waals surface area contributed by atoms with E-state index in [9.17, 15) is 4.79 Å². The second-order valence-corrected chi connectivity index (χ2v) is 3.49. The van der Waals surface area contributed by atoms with Crippen molar-refractivity contribution in [3.05, 3.63) is 66.5 Å². The van der Waals surface area contributed by atoms with Gasteiger partial charge >= 0.3 is 0 Å². The summed E-state index contributed by atoms with van der Waals surface area (Å²) in [7, 11) is 0. The summed E-state index contributed by atoms with van der Waals surface area (Å²) >= 11 is 0. The van der Waals surface area contributed by atoms with Crippen molar-refractivity contribution in [1.82, 2.24) is 0 Å². The first kappa shape index (κ1) is 16.1. The van der Waals surface area contributed by atoms with Crippen molar-refractivity contribution in [2.24, 2.45) is 5.73 Å². The Morgan fingerprint density at radius 1 is 1.33 bits per heavy atom. The van der Waals surface area contributed by atoms with Crippen molar-refractivity contribution in [2.75, 3.05) is 0 Å². The molecule has 1 rings (SSSR count). The van der Waals surface area contributed by atoms with E-state index in [0.29, 0.717) is 12.1 Å². The number of nitrogens with two attached hydrogens (primary N) is 1. The minimum atomic E-state index is -0.406. The molecule has 0 bridgehead atoms. The highest BCUT2D eigenvalue weighted by Crippen LogP contribution is 1.92. The standard InChI is InChI=1S/C14H16N2O.ClH/c1-2-3-4-5-6-7-10-16-11-8-9-13(12-16)14(15)17;/h2-9,11-12H,10H2,1H3,(H-,15,17);1H/b3-2-,5-4-,7-6+;. The van der Waals surface area contributed by atoms with Crippen LogP contribution in [0.3, 0.4) is 0 Å². The van der Waals surface area contributed by atoms with Crippen molar-refractivity contribution in [2.45, 2.75) is 13.5 Å². The zero-order chi connectivity index (χ0) is 12.5. The summed E-state index contributed by atoms with van der Waals surface area (Å²) in [4.78, 5) is 11.0. The fraction of sp³-hybridized carbons (Fsp3) is 0.143. The lowest BCUT2D eigenvalue weighted by Crippen LogP contribution is -3.00. The number of hydrogen-bond donors (Lipinski definition) is 1. The van der Waals surface area contributed by atoms with Crippen LogP contribution in [0.5, 0.6) is 0 Å². The molecule has 4 heteroatoms. The van der Waals surface area contributed by atoms with Gasteiger partial charge in [0.05, 0.1) is 0 Å². The lowest BCUT2D eigenvalue weighted by molar-refractivity contribution is -0.687. The van der Waals surface area contributed by atoms with Crippen molar-refractivity contribution >= 4 is 5.91 Å². The van der Waals surface area contributed by atoms with Gasteiger partial charge in [0.1, 0.15) is 5.56 Å². The van der Waals surface area contributed by atoms with Crippen molar-refractivity contribution in [3.63, 3.8) is 0 Å². The van der Waals surface area contributed by atoms with Crippen LogP contribution in [0.2, 0.25) is 0 Å². The number of pyridine rings is 1. The molecule has 1 amide bonds. The summed E-state index contributed by atoms with van der Waals surface area (Å²) in [5.74, 6) is -0.406. The Kier molecular flexibility index (Phi) is 8.24. The number of allylic oxidation sites excluding steroid dienone is 6. The van der Waals surface area contributed by atoms with Gasteiger partial charge in [0.2, 0.25) is 0 Å². The second kappa shape index (κ2) is 9.19. The average Bonchev–Trinajstić information content (AvgIpc) is 2.34. The molecule has 0 saturated carbocycles. The van der Waals surface area contributed by atoms with E-state index >= 15 is 0 Å². The third-order valence-electron chi connectivity index (χ3n) is 2.12. The van der Waals surface area contributed by atoms with Gasteiger partial charge in [0.25, 0.3) is 5.91 Å². The first-order chi connectivity index (χ1) is 8.24. The Hall–Kier alpha value is -1.87. The molecule has 0 aliphatic rings. The number of aromatic nitrogens is 1. The molecule has 0 spiro atoms. The van der Waals surface area contributed by atoms with E-state index < -0.39 is 5.91 Å². The molecule has 0 radical (unpaired) electrons. The fourth-order valence-corrected chi connectivity index (χ4v) is 1.28. The fourth-order valence-electron chi connectivity index (χ4n) is 1.28. The van der Waals surface area contributed by atoms with Gasteiger partial charge in [0, 0.05) is 6.07 Å². The molecule has 0 aliphatic carbocycles. The molecule has 3 nitrogen and oxygen atoms in total. The maximum Gasteiger partial charge on any atom is 0.254 e. The molecule has 0 saturated heterocycles. The van der Waals surface area contributed by atoms with Crippen LogP contribution in [0.4, 0.5) is 0 Å². The van der Waals surface area contributed by atoms with Crippen molar-refractivity contribution in [1.29, 1.82) is 0 Å². The van der Waals surface area contributed by atoms with Crippen LogP contribution < -0.4 is 22.7 Å². The third kappa shape index (κ3) is 6.01. The number of amides is 1. The van der Waals surface area contributed by atoms with Crippen LogP contribution in [-0.4, -0.2) is 5.91 Å². The quantitative estimate of drug-likeness (QED) is 0.525. The second-order valence-electron chi connectivity index (χ2n) is 3.49. The number of carbonyl (C=O) groups is 1. The Labute approximate surface area is 114 Å². The van der Waals surface area contributed by atoms with Gasteiger partial charge in [-0.15, -0.1) is 0 Å². The largest absolute Gasteiger partial charge is 1.00 e. The highest BCUT2D eigenvalue weighted by Gasteiger charge is 2.04. The van der Waals surface area contributed by atoms with Crippen LogP contribution >= 0.6 is 0 Å². The molecule has 1 heterocycles. The Balaban J connectivity index is 0.00000289. The Morgan fingerprint density at radius 2 is 2.06 bits per heavy atom. The maximum absolute atomic E-state index is 11.0. The van der Waals surface area contributed by atoms with Crippen LogP contribution in [0.15, 0.2) is 61.0 Å². The van der Waals surface area contributed by atoms with Gasteiger partial charge < -0.3 is 18.1 Å². The number of rotatable bonds is 5. The molecule has 0 unspecified atom stereocenters. The number of hydrogen-bond acceptors (Lipinski definition) is 1. The van der Waals surface area contributed by atoms with E-state index in [0.717, 1.165) is 0 Å². The summed E-state index contributed by atoms with van der Waals surface area (Å²) in [6.45, 7) is 2.68. The van der Waals surface area contributed by atoms with Gasteiger partial charge in [-0.2, -0.15) is 0 Å². The summed E-state index contributed by atoms with van der Waals surface area (Å²) in [5.41, 5.74) is 5.72. The monoisotopic (exact) mass is 264 g/mol. The van der Waals surface area contributed by atoms with E-state index in [-0.39, 0.29) is 12.4 Å². The molecular formula is C14H17ClN2O. The number of primary amides is 1. The molecule has 96 valence electrons. The Bertz CT molecular complexity index is 465. The summed E-state index contributed by atoms with van der Waals surface area (Å²) < 4.78 is 1.90. The van der Waals surface area contributed by atoms with Crippen LogP contribution in [0, 0.1) is 0 Å². The minimum absolute atomic E-state index is 0. The topological polar surface area (TPSA) is 47.0 Å². The smallest absolute Gasteiger partial charge is 0.254 e. The first-order valence-electron chi connectivity index (χ1n) is 5.47. The van der Waals surface area contributed by atoms with E-state index in [2.05, 4.69) is 0 Å². The van der Waals surface area contributed by atoms with Crippen LogP contribution in [-0.2, 0) is 6.54 Å². The lowest BCUT2D eigenvalue weighted by Gasteiger charge is -1.94. The van der Waals surface area contributed by atoms with Gasteiger partial charge in [-0.05, 0) is 19.1 Å². The van der Waals surface area contributed by atoms with Gasteiger partial charge in [0.15, 0.2) is 18.9 Å². The highest BCUT2D eigenvalue weighted by molar-refractivity contribution is 5.92. The zero-order valence-corrected chi connectivity index (χ0v) is 11.0. The van der Waals surface area contributed by atoms with Gasteiger partial charge in [-0.1, -0.05) is 30.4 Å². The zero-order valence-electron chi connectivity index (χ0n) is 10.3. The SMILES string of the molecule is C\C=C/C=C\C=C\C[n+]1cccc(C(N)=O)c1.[Cl-]. The predicted molar refractivity (Wildman–Crippen MR) is 68.2 cm³/mol. The molecule has 2 N–H and O–H groups in total. The number of carbonyl (C=O) groups excluding carboxylic acids is 1. The van der Waals surface area contributed by atoms with Gasteiger partial charge in [-0.3, -0.25) is 4.79 Å². The first-order valence-corrected chi connectivity index (χ1v) is 5.47. The summed E-state index contributed by atoms with van der Waals surface area (Å²) in [5, 5.41) is 0. The molecule has 0 aromatic carbocycles. The van der Waals surface area contributed by atoms with E-state index in [4.69, 9.17) is 5.73 Å². The number of halogens is 1. The predicted octanol–water partition coefficient (Wildman–Crippen LogP) is -1.23. The molecule has 18 heavy (non-hydrogen) atoms. The highest BCUT2D eigenvalue weighted by atomic mass is 35.5. The van der Waals surface area contributed by atoms with Crippen molar-refractivity contribution in [3.8, 4) is 0 Å². The average molecular weight is 265 g/mol. The van der Waals surface area contributed by atoms with Crippen molar-refractivity contribution < 1.29 is 21.8 Å². The molecule has 0 fully saturated rings. The molecule has 0 aliphatic heterocycles. The van der Waals surface area contributed by atoms with Crippen LogP contribution in [0.1, 0.15) is 17.3 Å². The van der Waals surface area contributed by atoms with Gasteiger partial charge in [-0.25, -0.2) is 4.57 Å². The third-order valence-corrected chi connectivity index (χ3v) is 2.12.